The molecule has 1 aliphatic rings. The van der Waals surface area contributed by atoms with Crippen molar-refractivity contribution in [2.24, 2.45) is 0 Å². The van der Waals surface area contributed by atoms with Crippen LogP contribution in [0.25, 0.3) is 0 Å². The van der Waals surface area contributed by atoms with Crippen molar-refractivity contribution in [3.8, 4) is 0 Å². The van der Waals surface area contributed by atoms with Crippen LogP contribution in [0.5, 0.6) is 0 Å². The van der Waals surface area contributed by atoms with Gasteiger partial charge in [-0.15, -0.1) is 0 Å². The van der Waals surface area contributed by atoms with Crippen LogP contribution < -0.4 is 5.32 Å². The minimum atomic E-state index is -0.393. The molecule has 1 unspecified atom stereocenters. The Kier molecular flexibility index (Phi) is 3.13. The van der Waals surface area contributed by atoms with Crippen molar-refractivity contribution in [1.29, 1.82) is 0 Å². The van der Waals surface area contributed by atoms with E-state index in [9.17, 15) is 9.59 Å². The molecule has 0 saturated carbocycles. The van der Waals surface area contributed by atoms with Crippen molar-refractivity contribution in [2.75, 3.05) is 6.54 Å². The molecule has 0 aliphatic carbocycles. The van der Waals surface area contributed by atoms with Crippen LogP contribution in [-0.2, 0) is 16.1 Å². The van der Waals surface area contributed by atoms with Gasteiger partial charge in [-0.2, -0.15) is 0 Å². The van der Waals surface area contributed by atoms with Gasteiger partial charge in [-0.05, 0) is 25.0 Å². The van der Waals surface area contributed by atoms with Gasteiger partial charge in [0.2, 0.25) is 11.8 Å². The van der Waals surface area contributed by atoms with E-state index in [2.05, 4.69) is 5.32 Å². The van der Waals surface area contributed by atoms with E-state index in [0.717, 1.165) is 11.1 Å². The van der Waals surface area contributed by atoms with Gasteiger partial charge in [0, 0.05) is 6.54 Å². The lowest BCUT2D eigenvalue weighted by Gasteiger charge is -2.33. The molecule has 0 radical (unpaired) electrons. The first-order valence-corrected chi connectivity index (χ1v) is 5.71. The lowest BCUT2D eigenvalue weighted by atomic mass is 10.1. The average molecular weight is 232 g/mol. The predicted molar refractivity (Wildman–Crippen MR) is 64.2 cm³/mol. The third-order valence-electron chi connectivity index (χ3n) is 3.18. The fraction of sp³-hybridized carbons (Fsp3) is 0.385. The molecule has 0 spiro atoms. The Bertz CT molecular complexity index is 456. The number of carbonyl (C=O) groups excluding carboxylic acids is 2. The largest absolute Gasteiger partial charge is 0.345 e. The Morgan fingerprint density at radius 3 is 2.76 bits per heavy atom. The number of piperazine rings is 1. The molecular formula is C13H16N2O2. The molecule has 2 amide bonds. The summed E-state index contributed by atoms with van der Waals surface area (Å²) in [7, 11) is 0. The van der Waals surface area contributed by atoms with E-state index in [1.54, 1.807) is 11.8 Å². The summed E-state index contributed by atoms with van der Waals surface area (Å²) in [6.07, 6.45) is 0. The van der Waals surface area contributed by atoms with E-state index in [4.69, 9.17) is 0 Å². The van der Waals surface area contributed by atoms with E-state index >= 15 is 0 Å². The summed E-state index contributed by atoms with van der Waals surface area (Å²) in [4.78, 5) is 24.9. The van der Waals surface area contributed by atoms with Crippen LogP contribution in [0.2, 0.25) is 0 Å². The number of nitrogens with zero attached hydrogens (tertiary/aromatic N) is 1. The third kappa shape index (κ3) is 2.30. The Balaban J connectivity index is 2.19. The highest BCUT2D eigenvalue weighted by Gasteiger charge is 2.30. The summed E-state index contributed by atoms with van der Waals surface area (Å²) in [6.45, 7) is 4.37. The first-order valence-electron chi connectivity index (χ1n) is 5.71. The zero-order valence-corrected chi connectivity index (χ0v) is 10.1. The fourth-order valence-electron chi connectivity index (χ4n) is 1.97. The van der Waals surface area contributed by atoms with E-state index < -0.39 is 6.04 Å². The van der Waals surface area contributed by atoms with Crippen molar-refractivity contribution in [3.05, 3.63) is 35.4 Å². The minimum absolute atomic E-state index is 0.0275. The maximum Gasteiger partial charge on any atom is 0.242 e. The molecule has 1 aromatic rings. The van der Waals surface area contributed by atoms with Gasteiger partial charge in [-0.1, -0.05) is 24.3 Å². The van der Waals surface area contributed by atoms with Gasteiger partial charge in [0.1, 0.15) is 6.04 Å². The Morgan fingerprint density at radius 2 is 2.06 bits per heavy atom. The van der Waals surface area contributed by atoms with Crippen LogP contribution in [0, 0.1) is 6.92 Å². The van der Waals surface area contributed by atoms with Crippen molar-refractivity contribution in [1.82, 2.24) is 10.2 Å². The van der Waals surface area contributed by atoms with Gasteiger partial charge in [-0.3, -0.25) is 9.59 Å². The smallest absolute Gasteiger partial charge is 0.242 e. The minimum Gasteiger partial charge on any atom is -0.345 e. The van der Waals surface area contributed by atoms with E-state index in [0.29, 0.717) is 6.54 Å². The van der Waals surface area contributed by atoms with Gasteiger partial charge < -0.3 is 10.2 Å². The number of hydrogen-bond donors (Lipinski definition) is 1. The zero-order chi connectivity index (χ0) is 12.4. The second-order valence-corrected chi connectivity index (χ2v) is 4.34. The highest BCUT2D eigenvalue weighted by atomic mass is 16.2. The maximum atomic E-state index is 11.8. The molecule has 1 atom stereocenters. The highest BCUT2D eigenvalue weighted by molar-refractivity contribution is 5.94. The molecule has 4 heteroatoms. The van der Waals surface area contributed by atoms with E-state index in [-0.39, 0.29) is 18.4 Å². The molecule has 2 rings (SSSR count). The summed E-state index contributed by atoms with van der Waals surface area (Å²) in [6, 6.07) is 7.51. The second-order valence-electron chi connectivity index (χ2n) is 4.34. The number of amides is 2. The highest BCUT2D eigenvalue weighted by Crippen LogP contribution is 2.14. The van der Waals surface area contributed by atoms with Crippen molar-refractivity contribution >= 4 is 11.8 Å². The summed E-state index contributed by atoms with van der Waals surface area (Å²) in [5, 5.41) is 2.58. The van der Waals surface area contributed by atoms with Crippen LogP contribution in [0.3, 0.4) is 0 Å². The first-order chi connectivity index (χ1) is 8.09. The second kappa shape index (κ2) is 4.57. The van der Waals surface area contributed by atoms with Crippen LogP contribution in [0.1, 0.15) is 18.1 Å². The van der Waals surface area contributed by atoms with E-state index in [1.807, 2.05) is 31.2 Å². The van der Waals surface area contributed by atoms with Gasteiger partial charge in [-0.25, -0.2) is 0 Å². The zero-order valence-electron chi connectivity index (χ0n) is 10.1. The maximum absolute atomic E-state index is 11.8. The molecule has 1 heterocycles. The van der Waals surface area contributed by atoms with Crippen LogP contribution in [0.15, 0.2) is 24.3 Å². The van der Waals surface area contributed by atoms with Crippen LogP contribution in [-0.4, -0.2) is 29.3 Å². The van der Waals surface area contributed by atoms with Crippen molar-refractivity contribution < 1.29 is 9.59 Å². The average Bonchev–Trinajstić information content (AvgIpc) is 2.32. The topological polar surface area (TPSA) is 49.4 Å². The number of aryl methyl sites for hydroxylation is 1. The van der Waals surface area contributed by atoms with Gasteiger partial charge in [0.15, 0.2) is 0 Å². The summed E-state index contributed by atoms with van der Waals surface area (Å²) < 4.78 is 0. The molecule has 90 valence electrons. The summed E-state index contributed by atoms with van der Waals surface area (Å²) in [5.41, 5.74) is 2.22. The number of hydrogen-bond acceptors (Lipinski definition) is 2. The van der Waals surface area contributed by atoms with Crippen LogP contribution >= 0.6 is 0 Å². The number of carbonyl (C=O) groups is 2. The van der Waals surface area contributed by atoms with Gasteiger partial charge in [0.05, 0.1) is 6.54 Å². The summed E-state index contributed by atoms with van der Waals surface area (Å²) in [5.74, 6) is -0.112. The monoisotopic (exact) mass is 232 g/mol. The van der Waals surface area contributed by atoms with Crippen molar-refractivity contribution in [2.45, 2.75) is 26.4 Å². The number of nitrogens with one attached hydrogen (secondary N) is 1. The number of rotatable bonds is 2. The quantitative estimate of drug-likeness (QED) is 0.821. The molecule has 0 bridgehead atoms. The Labute approximate surface area is 101 Å². The molecule has 1 fully saturated rings. The first kappa shape index (κ1) is 11.6. The molecule has 1 aliphatic heterocycles. The lowest BCUT2D eigenvalue weighted by Crippen LogP contribution is -2.56. The molecule has 0 aromatic heterocycles. The van der Waals surface area contributed by atoms with Crippen molar-refractivity contribution in [3.63, 3.8) is 0 Å². The summed E-state index contributed by atoms with van der Waals surface area (Å²) >= 11 is 0. The standard InChI is InChI=1S/C13H16N2O2/c1-9-5-3-4-6-11(9)8-15-10(2)13(17)14-7-12(15)16/h3-6,10H,7-8H2,1-2H3,(H,14,17). The Hall–Kier alpha value is -1.84. The van der Waals surface area contributed by atoms with Gasteiger partial charge >= 0.3 is 0 Å². The fourth-order valence-corrected chi connectivity index (χ4v) is 1.97. The molecule has 1 aromatic carbocycles. The third-order valence-corrected chi connectivity index (χ3v) is 3.18. The number of benzene rings is 1. The lowest BCUT2D eigenvalue weighted by molar-refractivity contribution is -0.145. The molecular weight excluding hydrogens is 216 g/mol. The molecule has 4 nitrogen and oxygen atoms in total. The van der Waals surface area contributed by atoms with E-state index in [1.165, 1.54) is 0 Å². The molecule has 1 N–H and O–H groups in total. The van der Waals surface area contributed by atoms with Crippen LogP contribution in [0.4, 0.5) is 0 Å². The normalized spacial score (nSPS) is 20.4. The van der Waals surface area contributed by atoms with Gasteiger partial charge in [0.25, 0.3) is 0 Å². The Morgan fingerprint density at radius 1 is 1.35 bits per heavy atom. The SMILES string of the molecule is Cc1ccccc1CN1C(=O)CNC(=O)C1C. The molecule has 1 saturated heterocycles. The molecule has 17 heavy (non-hydrogen) atoms. The predicted octanol–water partition coefficient (Wildman–Crippen LogP) is 0.842.